The lowest BCUT2D eigenvalue weighted by atomic mass is 9.76. The molecule has 3 unspecified atom stereocenters. The third-order valence-corrected chi connectivity index (χ3v) is 6.30. The maximum absolute atomic E-state index is 10.8. The molecule has 1 heterocycles. The fourth-order valence-electron chi connectivity index (χ4n) is 4.80. The Morgan fingerprint density at radius 2 is 1.62 bits per heavy atom. The zero-order chi connectivity index (χ0) is 21.9. The average Bonchev–Trinajstić information content (AvgIpc) is 3.33. The molecule has 5 rings (SSSR count). The fraction of sp³-hybridized carbons (Fsp3) is 0.259. The van der Waals surface area contributed by atoms with Crippen molar-refractivity contribution in [2.75, 3.05) is 25.6 Å². The number of hydrogen-bond acceptors (Lipinski definition) is 5. The molecule has 3 atom stereocenters. The summed E-state index contributed by atoms with van der Waals surface area (Å²) in [5.41, 5.74) is 3.05. The molecule has 2 aliphatic rings. The van der Waals surface area contributed by atoms with Crippen molar-refractivity contribution in [1.29, 1.82) is 0 Å². The van der Waals surface area contributed by atoms with Gasteiger partial charge >= 0.3 is 0 Å². The minimum Gasteiger partial charge on any atom is -0.504 e. The number of fused-ring (bicyclic) bond motifs is 3. The van der Waals surface area contributed by atoms with E-state index in [1.807, 2.05) is 54.6 Å². The second-order valence-corrected chi connectivity index (χ2v) is 8.10. The van der Waals surface area contributed by atoms with E-state index < -0.39 is 0 Å². The Bertz CT molecular complexity index is 1110. The molecule has 1 aliphatic heterocycles. The Morgan fingerprint density at radius 1 is 0.875 bits per heavy atom. The summed E-state index contributed by atoms with van der Waals surface area (Å²) in [5.74, 6) is 2.89. The molecule has 0 radical (unpaired) electrons. The SMILES string of the molecule is COc1cccc(C2Nc3c(OCCOc4ccccc4)cccc3C3C=CCC32)c1O. The number of hydrogen-bond donors (Lipinski definition) is 2. The molecule has 164 valence electrons. The average molecular weight is 430 g/mol. The molecule has 3 aromatic rings. The van der Waals surface area contributed by atoms with E-state index >= 15 is 0 Å². The monoisotopic (exact) mass is 429 g/mol. The van der Waals surface area contributed by atoms with Crippen LogP contribution in [0.25, 0.3) is 0 Å². The topological polar surface area (TPSA) is 60.0 Å². The van der Waals surface area contributed by atoms with Crippen molar-refractivity contribution < 1.29 is 19.3 Å². The maximum Gasteiger partial charge on any atom is 0.163 e. The highest BCUT2D eigenvalue weighted by molar-refractivity contribution is 5.68. The summed E-state index contributed by atoms with van der Waals surface area (Å²) in [7, 11) is 1.58. The summed E-state index contributed by atoms with van der Waals surface area (Å²) in [6.45, 7) is 0.895. The quantitative estimate of drug-likeness (QED) is 0.373. The number of rotatable bonds is 7. The first-order valence-electron chi connectivity index (χ1n) is 11.0. The Labute approximate surface area is 188 Å². The molecule has 0 aromatic heterocycles. The second kappa shape index (κ2) is 8.87. The molecule has 0 saturated carbocycles. The van der Waals surface area contributed by atoms with Gasteiger partial charge in [0.2, 0.25) is 0 Å². The minimum atomic E-state index is -0.0529. The number of aromatic hydroxyl groups is 1. The number of methoxy groups -OCH3 is 1. The summed E-state index contributed by atoms with van der Waals surface area (Å²) in [6.07, 6.45) is 5.46. The first-order valence-corrected chi connectivity index (χ1v) is 11.0. The zero-order valence-corrected chi connectivity index (χ0v) is 18.0. The summed E-state index contributed by atoms with van der Waals surface area (Å²) in [4.78, 5) is 0. The van der Waals surface area contributed by atoms with Crippen molar-refractivity contribution >= 4 is 5.69 Å². The van der Waals surface area contributed by atoms with E-state index in [0.717, 1.165) is 29.2 Å². The molecule has 0 spiro atoms. The summed E-state index contributed by atoms with van der Waals surface area (Å²) in [6, 6.07) is 21.5. The molecule has 5 nitrogen and oxygen atoms in total. The number of nitrogens with one attached hydrogen (secondary N) is 1. The van der Waals surface area contributed by atoms with Crippen LogP contribution in [0.2, 0.25) is 0 Å². The highest BCUT2D eigenvalue weighted by Crippen LogP contribution is 2.53. The van der Waals surface area contributed by atoms with Crippen molar-refractivity contribution in [2.24, 2.45) is 5.92 Å². The normalized spacial score (nSPS) is 20.7. The standard InChI is InChI=1S/C27H27NO4/c1-30-24-15-7-13-22(27(24)29)25-20-11-5-10-19(20)21-12-6-14-23(26(21)28-25)32-17-16-31-18-8-3-2-4-9-18/h2-10,12-15,19-20,25,28-29H,11,16-17H2,1H3. The van der Waals surface area contributed by atoms with E-state index in [1.165, 1.54) is 5.56 Å². The molecule has 2 N–H and O–H groups in total. The predicted octanol–water partition coefficient (Wildman–Crippen LogP) is 5.69. The Kier molecular flexibility index (Phi) is 5.63. The van der Waals surface area contributed by atoms with Gasteiger partial charge < -0.3 is 24.6 Å². The van der Waals surface area contributed by atoms with Gasteiger partial charge in [-0.2, -0.15) is 0 Å². The number of anilines is 1. The number of phenols is 1. The van der Waals surface area contributed by atoms with Crippen LogP contribution < -0.4 is 19.5 Å². The molecular formula is C27H27NO4. The molecule has 3 aromatic carbocycles. The van der Waals surface area contributed by atoms with Crippen molar-refractivity contribution in [2.45, 2.75) is 18.4 Å². The first kappa shape index (κ1) is 20.3. The molecule has 0 bridgehead atoms. The van der Waals surface area contributed by atoms with Gasteiger partial charge in [-0.15, -0.1) is 0 Å². The van der Waals surface area contributed by atoms with E-state index in [4.69, 9.17) is 14.2 Å². The largest absolute Gasteiger partial charge is 0.504 e. The Morgan fingerprint density at radius 3 is 2.44 bits per heavy atom. The Balaban J connectivity index is 1.39. The molecule has 5 heteroatoms. The van der Waals surface area contributed by atoms with E-state index in [0.29, 0.717) is 24.9 Å². The third kappa shape index (κ3) is 3.75. The third-order valence-electron chi connectivity index (χ3n) is 6.30. The lowest BCUT2D eigenvalue weighted by Gasteiger charge is -2.38. The molecule has 0 saturated heterocycles. The highest BCUT2D eigenvalue weighted by Gasteiger charge is 2.40. The van der Waals surface area contributed by atoms with Crippen molar-refractivity contribution in [3.63, 3.8) is 0 Å². The van der Waals surface area contributed by atoms with Gasteiger partial charge in [0.15, 0.2) is 11.5 Å². The van der Waals surface area contributed by atoms with Crippen LogP contribution in [0.3, 0.4) is 0 Å². The van der Waals surface area contributed by atoms with Gasteiger partial charge in [0.1, 0.15) is 24.7 Å². The lowest BCUT2D eigenvalue weighted by Crippen LogP contribution is -2.29. The highest BCUT2D eigenvalue weighted by atomic mass is 16.5. The van der Waals surface area contributed by atoms with Gasteiger partial charge in [0.05, 0.1) is 18.8 Å². The van der Waals surface area contributed by atoms with Crippen LogP contribution in [0.5, 0.6) is 23.0 Å². The van der Waals surface area contributed by atoms with Crippen molar-refractivity contribution in [3.8, 4) is 23.0 Å². The van der Waals surface area contributed by atoms with Gasteiger partial charge in [-0.3, -0.25) is 0 Å². The van der Waals surface area contributed by atoms with Crippen LogP contribution in [0, 0.1) is 5.92 Å². The fourth-order valence-corrected chi connectivity index (χ4v) is 4.80. The summed E-state index contributed by atoms with van der Waals surface area (Å²) < 4.78 is 17.3. The molecule has 1 aliphatic carbocycles. The van der Waals surface area contributed by atoms with Crippen LogP contribution in [0.1, 0.15) is 29.5 Å². The van der Waals surface area contributed by atoms with E-state index in [9.17, 15) is 5.11 Å². The van der Waals surface area contributed by atoms with Crippen molar-refractivity contribution in [1.82, 2.24) is 0 Å². The molecule has 0 amide bonds. The zero-order valence-electron chi connectivity index (χ0n) is 18.0. The maximum atomic E-state index is 10.8. The second-order valence-electron chi connectivity index (χ2n) is 8.10. The number of ether oxygens (including phenoxy) is 3. The van der Waals surface area contributed by atoms with Gasteiger partial charge in [-0.1, -0.05) is 54.6 Å². The van der Waals surface area contributed by atoms with E-state index in [1.54, 1.807) is 13.2 Å². The van der Waals surface area contributed by atoms with Crippen LogP contribution in [-0.4, -0.2) is 25.4 Å². The number of allylic oxidation sites excluding steroid dienone is 2. The number of phenolic OH excluding ortho intramolecular Hbond substituents is 1. The van der Waals surface area contributed by atoms with Gasteiger partial charge in [0.25, 0.3) is 0 Å². The van der Waals surface area contributed by atoms with Crippen LogP contribution in [0.15, 0.2) is 78.9 Å². The summed E-state index contributed by atoms with van der Waals surface area (Å²) in [5, 5.41) is 14.5. The van der Waals surface area contributed by atoms with Gasteiger partial charge in [0, 0.05) is 11.5 Å². The number of benzene rings is 3. The summed E-state index contributed by atoms with van der Waals surface area (Å²) >= 11 is 0. The Hall–Kier alpha value is -3.60. The van der Waals surface area contributed by atoms with Crippen LogP contribution in [0.4, 0.5) is 5.69 Å². The first-order chi connectivity index (χ1) is 15.8. The molecule has 0 fully saturated rings. The predicted molar refractivity (Wildman–Crippen MR) is 125 cm³/mol. The van der Waals surface area contributed by atoms with Crippen LogP contribution in [-0.2, 0) is 0 Å². The number of para-hydroxylation sites is 3. The minimum absolute atomic E-state index is 0.0529. The van der Waals surface area contributed by atoms with Gasteiger partial charge in [-0.25, -0.2) is 0 Å². The molecule has 32 heavy (non-hydrogen) atoms. The van der Waals surface area contributed by atoms with E-state index in [2.05, 4.69) is 23.5 Å². The van der Waals surface area contributed by atoms with Gasteiger partial charge in [-0.05, 0) is 42.2 Å². The smallest absolute Gasteiger partial charge is 0.163 e. The molecular weight excluding hydrogens is 402 g/mol. The van der Waals surface area contributed by atoms with E-state index in [-0.39, 0.29) is 17.7 Å². The van der Waals surface area contributed by atoms with Crippen LogP contribution >= 0.6 is 0 Å². The van der Waals surface area contributed by atoms with Crippen molar-refractivity contribution in [3.05, 3.63) is 90.0 Å². The lowest BCUT2D eigenvalue weighted by molar-refractivity contribution is 0.217.